The number of nitrogens with one attached hydrogen (secondary N) is 1. The summed E-state index contributed by atoms with van der Waals surface area (Å²) in [6.45, 7) is 2.43. The SMILES string of the molecule is CC[N+]1=C(N/N=C/c2cc(Br)ccc2OC)N=C2C1C(=O)N(C)C(=O)N2C. The molecule has 142 valence electrons. The molecule has 2 heterocycles. The van der Waals surface area contributed by atoms with Crippen LogP contribution in [0.1, 0.15) is 12.5 Å². The van der Waals surface area contributed by atoms with Gasteiger partial charge in [-0.05, 0) is 25.1 Å². The van der Waals surface area contributed by atoms with Crippen LogP contribution in [0.5, 0.6) is 5.75 Å². The molecule has 0 saturated carbocycles. The van der Waals surface area contributed by atoms with Crippen LogP contribution in [0.2, 0.25) is 0 Å². The van der Waals surface area contributed by atoms with Crippen molar-refractivity contribution >= 4 is 45.9 Å². The predicted molar refractivity (Wildman–Crippen MR) is 104 cm³/mol. The molecule has 1 unspecified atom stereocenters. The lowest BCUT2D eigenvalue weighted by Crippen LogP contribution is -2.61. The number of ether oxygens (including phenoxy) is 1. The quantitative estimate of drug-likeness (QED) is 0.435. The van der Waals surface area contributed by atoms with E-state index in [0.717, 1.165) is 14.9 Å². The molecular weight excluding hydrogens is 416 g/mol. The first-order valence-electron chi connectivity index (χ1n) is 8.29. The highest BCUT2D eigenvalue weighted by molar-refractivity contribution is 9.10. The standard InChI is InChI=1S/C17H19BrN6O3/c1-5-24-13-14(22(2)17(26)23(3)15(13)25)20-16(24)21-19-9-10-8-11(18)6-7-12(10)27-4/h6-9,13H,5H2,1-4H3/p+1/b19-9+. The largest absolute Gasteiger partial charge is 0.496 e. The second-order valence-corrected chi connectivity index (χ2v) is 6.89. The molecule has 1 aromatic rings. The van der Waals surface area contributed by atoms with Crippen LogP contribution >= 0.6 is 15.9 Å². The number of carbonyl (C=O) groups is 2. The van der Waals surface area contributed by atoms with Gasteiger partial charge in [0.05, 0.1) is 19.9 Å². The van der Waals surface area contributed by atoms with Crippen LogP contribution in [0.3, 0.4) is 0 Å². The molecule has 2 aliphatic heterocycles. The van der Waals surface area contributed by atoms with E-state index in [1.165, 1.54) is 11.9 Å². The zero-order valence-electron chi connectivity index (χ0n) is 15.4. The summed E-state index contributed by atoms with van der Waals surface area (Å²) in [5, 5.41) is 4.23. The minimum Gasteiger partial charge on any atom is -0.496 e. The minimum absolute atomic E-state index is 0.312. The number of carbonyl (C=O) groups excluding carboxylic acids is 2. The number of hydrogen-bond donors (Lipinski definition) is 1. The van der Waals surface area contributed by atoms with Crippen molar-refractivity contribution in [3.63, 3.8) is 0 Å². The van der Waals surface area contributed by atoms with Gasteiger partial charge >= 0.3 is 12.0 Å². The number of nitrogens with zero attached hydrogens (tertiary/aromatic N) is 5. The van der Waals surface area contributed by atoms with Crippen LogP contribution in [0, 0.1) is 0 Å². The van der Waals surface area contributed by atoms with Crippen molar-refractivity contribution in [2.24, 2.45) is 10.1 Å². The topological polar surface area (TPSA) is 89.6 Å². The number of hydrazone groups is 1. The molecule has 1 atom stereocenters. The Labute approximate surface area is 165 Å². The van der Waals surface area contributed by atoms with Gasteiger partial charge in [0.15, 0.2) is 0 Å². The number of guanidine groups is 1. The summed E-state index contributed by atoms with van der Waals surface area (Å²) in [6.07, 6.45) is 1.61. The summed E-state index contributed by atoms with van der Waals surface area (Å²) in [6, 6.07) is 4.53. The molecule has 0 bridgehead atoms. The molecule has 27 heavy (non-hydrogen) atoms. The molecule has 0 spiro atoms. The van der Waals surface area contributed by atoms with Gasteiger partial charge in [-0.15, -0.1) is 5.10 Å². The zero-order valence-corrected chi connectivity index (χ0v) is 17.0. The monoisotopic (exact) mass is 435 g/mol. The van der Waals surface area contributed by atoms with Crippen LogP contribution in [0.4, 0.5) is 4.79 Å². The molecule has 1 N–H and O–H groups in total. The summed E-state index contributed by atoms with van der Waals surface area (Å²) in [7, 11) is 4.66. The van der Waals surface area contributed by atoms with Gasteiger partial charge in [0.1, 0.15) is 5.75 Å². The number of likely N-dealkylation sites (N-methyl/N-ethyl adjacent to an activating group) is 3. The molecule has 1 saturated heterocycles. The lowest BCUT2D eigenvalue weighted by atomic mass is 10.1. The van der Waals surface area contributed by atoms with Crippen molar-refractivity contribution in [1.29, 1.82) is 0 Å². The fraction of sp³-hybridized carbons (Fsp3) is 0.353. The molecule has 0 radical (unpaired) electrons. The van der Waals surface area contributed by atoms with E-state index < -0.39 is 12.1 Å². The first-order valence-corrected chi connectivity index (χ1v) is 9.08. The first-order chi connectivity index (χ1) is 12.9. The van der Waals surface area contributed by atoms with E-state index >= 15 is 0 Å². The highest BCUT2D eigenvalue weighted by Gasteiger charge is 2.51. The van der Waals surface area contributed by atoms with E-state index in [9.17, 15) is 9.59 Å². The lowest BCUT2D eigenvalue weighted by molar-refractivity contribution is -0.533. The average molecular weight is 436 g/mol. The molecule has 1 aromatic carbocycles. The van der Waals surface area contributed by atoms with E-state index in [0.29, 0.717) is 24.1 Å². The number of amides is 3. The number of hydrogen-bond acceptors (Lipinski definition) is 6. The molecule has 10 heteroatoms. The van der Waals surface area contributed by atoms with Crippen LogP contribution in [-0.2, 0) is 4.79 Å². The summed E-state index contributed by atoms with van der Waals surface area (Å²) in [5.74, 6) is 1.16. The number of benzene rings is 1. The predicted octanol–water partition coefficient (Wildman–Crippen LogP) is 1.07. The Hall–Kier alpha value is -2.75. The van der Waals surface area contributed by atoms with Gasteiger partial charge in [-0.1, -0.05) is 20.9 Å². The normalized spacial score (nSPS) is 19.7. The van der Waals surface area contributed by atoms with Gasteiger partial charge in [-0.25, -0.2) is 9.37 Å². The van der Waals surface area contributed by atoms with E-state index in [1.807, 2.05) is 25.1 Å². The van der Waals surface area contributed by atoms with Crippen molar-refractivity contribution in [2.75, 3.05) is 27.7 Å². The van der Waals surface area contributed by atoms with E-state index in [1.54, 1.807) is 24.9 Å². The Morgan fingerprint density at radius 2 is 2.11 bits per heavy atom. The van der Waals surface area contributed by atoms with Gasteiger partial charge in [0, 0.05) is 24.1 Å². The second kappa shape index (κ2) is 7.47. The van der Waals surface area contributed by atoms with Gasteiger partial charge in [0.25, 0.3) is 5.91 Å². The number of fused-ring (bicyclic) bond motifs is 1. The van der Waals surface area contributed by atoms with Gasteiger partial charge in [-0.3, -0.25) is 14.6 Å². The maximum atomic E-state index is 12.5. The van der Waals surface area contributed by atoms with Crippen LogP contribution in [0.25, 0.3) is 0 Å². The first kappa shape index (κ1) is 19.0. The van der Waals surface area contributed by atoms with Crippen molar-refractivity contribution in [3.05, 3.63) is 28.2 Å². The van der Waals surface area contributed by atoms with E-state index in [4.69, 9.17) is 4.74 Å². The van der Waals surface area contributed by atoms with E-state index in [2.05, 4.69) is 31.4 Å². The number of imide groups is 1. The van der Waals surface area contributed by atoms with Gasteiger partial charge < -0.3 is 4.74 Å². The van der Waals surface area contributed by atoms with Crippen molar-refractivity contribution in [2.45, 2.75) is 13.0 Å². The molecular formula is C17H20BrN6O3+. The minimum atomic E-state index is -0.638. The third-order valence-electron chi connectivity index (χ3n) is 4.43. The van der Waals surface area contributed by atoms with Gasteiger partial charge in [-0.2, -0.15) is 5.43 Å². The Bertz CT molecular complexity index is 895. The third-order valence-corrected chi connectivity index (χ3v) is 4.92. The number of urea groups is 1. The summed E-state index contributed by atoms with van der Waals surface area (Å²) in [5.41, 5.74) is 3.65. The van der Waals surface area contributed by atoms with Crippen molar-refractivity contribution in [3.8, 4) is 5.75 Å². The number of halogens is 1. The van der Waals surface area contributed by atoms with Crippen LogP contribution in [0.15, 0.2) is 32.8 Å². The number of amidine groups is 1. The molecule has 1 fully saturated rings. The maximum Gasteiger partial charge on any atom is 0.413 e. The fourth-order valence-electron chi connectivity index (χ4n) is 2.99. The Morgan fingerprint density at radius 3 is 2.78 bits per heavy atom. The maximum absolute atomic E-state index is 12.5. The fourth-order valence-corrected chi connectivity index (χ4v) is 3.36. The summed E-state index contributed by atoms with van der Waals surface area (Å²) < 4.78 is 7.98. The van der Waals surface area contributed by atoms with E-state index in [-0.39, 0.29) is 5.91 Å². The molecule has 3 amide bonds. The number of methoxy groups -OCH3 is 1. The van der Waals surface area contributed by atoms with Crippen molar-refractivity contribution in [1.82, 2.24) is 15.2 Å². The zero-order chi connectivity index (χ0) is 19.7. The smallest absolute Gasteiger partial charge is 0.413 e. The Balaban J connectivity index is 1.88. The summed E-state index contributed by atoms with van der Waals surface area (Å²) >= 11 is 3.42. The van der Waals surface area contributed by atoms with Crippen LogP contribution in [-0.4, -0.2) is 78.1 Å². The van der Waals surface area contributed by atoms with Gasteiger partial charge in [0.2, 0.25) is 11.9 Å². The highest BCUT2D eigenvalue weighted by atomic mass is 79.9. The second-order valence-electron chi connectivity index (χ2n) is 5.98. The molecule has 9 nitrogen and oxygen atoms in total. The number of aliphatic imine (C=N–C) groups is 1. The Kier molecular flexibility index (Phi) is 5.26. The van der Waals surface area contributed by atoms with Crippen LogP contribution < -0.4 is 10.2 Å². The van der Waals surface area contributed by atoms with Crippen molar-refractivity contribution < 1.29 is 18.9 Å². The Morgan fingerprint density at radius 1 is 1.37 bits per heavy atom. The highest BCUT2D eigenvalue weighted by Crippen LogP contribution is 2.21. The number of rotatable bonds is 4. The molecule has 0 aliphatic carbocycles. The molecule has 3 rings (SSSR count). The third kappa shape index (κ3) is 3.32. The molecule has 0 aromatic heterocycles. The summed E-state index contributed by atoms with van der Waals surface area (Å²) in [4.78, 5) is 31.6. The lowest BCUT2D eigenvalue weighted by Gasteiger charge is -2.31. The molecule has 2 aliphatic rings. The average Bonchev–Trinajstić information content (AvgIpc) is 3.03.